The van der Waals surface area contributed by atoms with E-state index in [1.807, 2.05) is 30.6 Å². The Morgan fingerprint density at radius 2 is 1.92 bits per heavy atom. The van der Waals surface area contributed by atoms with E-state index in [9.17, 15) is 0 Å². The van der Waals surface area contributed by atoms with Gasteiger partial charge < -0.3 is 19.4 Å². The highest BCUT2D eigenvalue weighted by Gasteiger charge is 2.14. The predicted molar refractivity (Wildman–Crippen MR) is 96.5 cm³/mol. The first-order valence-corrected chi connectivity index (χ1v) is 8.65. The zero-order valence-corrected chi connectivity index (χ0v) is 14.3. The summed E-state index contributed by atoms with van der Waals surface area (Å²) in [6.07, 6.45) is 3.77. The van der Waals surface area contributed by atoms with Gasteiger partial charge in [-0.05, 0) is 19.1 Å². The van der Waals surface area contributed by atoms with E-state index in [-0.39, 0.29) is 6.04 Å². The number of ether oxygens (including phenoxy) is 1. The largest absolute Gasteiger partial charge is 0.459 e. The van der Waals surface area contributed by atoms with Gasteiger partial charge in [-0.2, -0.15) is 0 Å². The standard InChI is InChI=1S/C19H22N4O2/c1-14(18-10-16-4-2-3-5-17(16)25-18)20-11-15-12-21-19(22-13-15)23-6-8-24-9-7-23/h2-5,10,12-14,20H,6-9,11H2,1H3. The van der Waals surface area contributed by atoms with E-state index in [1.54, 1.807) is 0 Å². The van der Waals surface area contributed by atoms with E-state index in [2.05, 4.69) is 39.2 Å². The van der Waals surface area contributed by atoms with Crippen molar-refractivity contribution in [2.24, 2.45) is 0 Å². The zero-order valence-electron chi connectivity index (χ0n) is 14.3. The maximum absolute atomic E-state index is 5.90. The Bertz CT molecular complexity index is 792. The van der Waals surface area contributed by atoms with Crippen LogP contribution in [-0.4, -0.2) is 36.3 Å². The van der Waals surface area contributed by atoms with E-state index in [0.29, 0.717) is 6.54 Å². The SMILES string of the molecule is CC(NCc1cnc(N2CCOCC2)nc1)c1cc2ccccc2o1. The molecule has 1 saturated heterocycles. The molecule has 1 fully saturated rings. The number of nitrogens with zero attached hydrogens (tertiary/aromatic N) is 3. The van der Waals surface area contributed by atoms with Crippen LogP contribution in [0.3, 0.4) is 0 Å². The fraction of sp³-hybridized carbons (Fsp3) is 0.368. The van der Waals surface area contributed by atoms with E-state index in [0.717, 1.165) is 54.5 Å². The Balaban J connectivity index is 1.37. The fourth-order valence-electron chi connectivity index (χ4n) is 2.95. The molecule has 130 valence electrons. The highest BCUT2D eigenvalue weighted by molar-refractivity contribution is 5.77. The van der Waals surface area contributed by atoms with Gasteiger partial charge in [-0.25, -0.2) is 9.97 Å². The van der Waals surface area contributed by atoms with Crippen molar-refractivity contribution >= 4 is 16.9 Å². The number of benzene rings is 1. The number of anilines is 1. The summed E-state index contributed by atoms with van der Waals surface area (Å²) in [7, 11) is 0. The second-order valence-corrected chi connectivity index (χ2v) is 6.28. The lowest BCUT2D eigenvalue weighted by Gasteiger charge is -2.26. The topological polar surface area (TPSA) is 63.4 Å². The molecule has 2 aromatic heterocycles. The van der Waals surface area contributed by atoms with Gasteiger partial charge in [0.25, 0.3) is 0 Å². The Hall–Kier alpha value is -2.44. The number of fused-ring (bicyclic) bond motifs is 1. The van der Waals surface area contributed by atoms with Crippen molar-refractivity contribution in [1.82, 2.24) is 15.3 Å². The maximum atomic E-state index is 5.90. The van der Waals surface area contributed by atoms with Crippen molar-refractivity contribution in [2.75, 3.05) is 31.2 Å². The Kier molecular flexibility index (Phi) is 4.63. The van der Waals surface area contributed by atoms with Crippen molar-refractivity contribution in [3.63, 3.8) is 0 Å². The second kappa shape index (κ2) is 7.21. The van der Waals surface area contributed by atoms with Crippen LogP contribution in [0.1, 0.15) is 24.3 Å². The van der Waals surface area contributed by atoms with Crippen molar-refractivity contribution in [1.29, 1.82) is 0 Å². The summed E-state index contributed by atoms with van der Waals surface area (Å²) in [6.45, 7) is 5.97. The van der Waals surface area contributed by atoms with E-state index < -0.39 is 0 Å². The number of hydrogen-bond donors (Lipinski definition) is 1. The van der Waals surface area contributed by atoms with Gasteiger partial charge in [-0.3, -0.25) is 0 Å². The molecule has 0 aliphatic carbocycles. The molecule has 1 atom stereocenters. The van der Waals surface area contributed by atoms with Gasteiger partial charge >= 0.3 is 0 Å². The third-order valence-electron chi connectivity index (χ3n) is 4.47. The highest BCUT2D eigenvalue weighted by Crippen LogP contribution is 2.23. The van der Waals surface area contributed by atoms with Gasteiger partial charge in [0, 0.05) is 43.0 Å². The molecule has 6 nitrogen and oxygen atoms in total. The molecule has 4 rings (SSSR count). The molecule has 0 spiro atoms. The molecule has 1 N–H and O–H groups in total. The summed E-state index contributed by atoms with van der Waals surface area (Å²) in [4.78, 5) is 11.1. The van der Waals surface area contributed by atoms with Gasteiger partial charge in [-0.15, -0.1) is 0 Å². The van der Waals surface area contributed by atoms with Crippen LogP contribution < -0.4 is 10.2 Å². The van der Waals surface area contributed by atoms with E-state index >= 15 is 0 Å². The van der Waals surface area contributed by atoms with Crippen LogP contribution in [0, 0.1) is 0 Å². The molecule has 1 aromatic carbocycles. The smallest absolute Gasteiger partial charge is 0.225 e. The van der Waals surface area contributed by atoms with Crippen LogP contribution >= 0.6 is 0 Å². The minimum Gasteiger partial charge on any atom is -0.459 e. The minimum atomic E-state index is 0.117. The van der Waals surface area contributed by atoms with Crippen LogP contribution in [0.4, 0.5) is 5.95 Å². The fourth-order valence-corrected chi connectivity index (χ4v) is 2.95. The summed E-state index contributed by atoms with van der Waals surface area (Å²) in [5.74, 6) is 1.71. The number of para-hydroxylation sites is 1. The normalized spacial score (nSPS) is 16.3. The molecular formula is C19H22N4O2. The van der Waals surface area contributed by atoms with Gasteiger partial charge in [0.1, 0.15) is 11.3 Å². The lowest BCUT2D eigenvalue weighted by atomic mass is 10.2. The second-order valence-electron chi connectivity index (χ2n) is 6.28. The Labute approximate surface area is 146 Å². The average Bonchev–Trinajstić information content (AvgIpc) is 3.11. The van der Waals surface area contributed by atoms with Crippen molar-refractivity contribution < 1.29 is 9.15 Å². The molecule has 0 bridgehead atoms. The van der Waals surface area contributed by atoms with Crippen molar-refractivity contribution in [2.45, 2.75) is 19.5 Å². The summed E-state index contributed by atoms with van der Waals surface area (Å²) in [5.41, 5.74) is 1.98. The van der Waals surface area contributed by atoms with Crippen molar-refractivity contribution in [3.05, 3.63) is 54.0 Å². The first kappa shape index (κ1) is 16.1. The van der Waals surface area contributed by atoms with Gasteiger partial charge in [0.05, 0.1) is 19.3 Å². The number of aromatic nitrogens is 2. The van der Waals surface area contributed by atoms with E-state index in [1.165, 1.54) is 0 Å². The molecular weight excluding hydrogens is 316 g/mol. The minimum absolute atomic E-state index is 0.117. The number of morpholine rings is 1. The molecule has 0 radical (unpaired) electrons. The molecule has 25 heavy (non-hydrogen) atoms. The Morgan fingerprint density at radius 1 is 1.16 bits per heavy atom. The van der Waals surface area contributed by atoms with Crippen molar-refractivity contribution in [3.8, 4) is 0 Å². The number of hydrogen-bond acceptors (Lipinski definition) is 6. The number of nitrogens with one attached hydrogen (secondary N) is 1. The number of furan rings is 1. The highest BCUT2D eigenvalue weighted by atomic mass is 16.5. The first-order chi connectivity index (χ1) is 12.3. The Morgan fingerprint density at radius 3 is 2.68 bits per heavy atom. The van der Waals surface area contributed by atoms with Crippen LogP contribution in [0.2, 0.25) is 0 Å². The van der Waals surface area contributed by atoms with E-state index in [4.69, 9.17) is 9.15 Å². The molecule has 1 aliphatic heterocycles. The monoisotopic (exact) mass is 338 g/mol. The average molecular weight is 338 g/mol. The maximum Gasteiger partial charge on any atom is 0.225 e. The quantitative estimate of drug-likeness (QED) is 0.772. The third-order valence-corrected chi connectivity index (χ3v) is 4.47. The summed E-state index contributed by atoms with van der Waals surface area (Å²) in [5, 5.41) is 4.60. The molecule has 6 heteroatoms. The summed E-state index contributed by atoms with van der Waals surface area (Å²) < 4.78 is 11.3. The zero-order chi connectivity index (χ0) is 17.1. The lowest BCUT2D eigenvalue weighted by molar-refractivity contribution is 0.122. The molecule has 1 aliphatic rings. The molecule has 3 heterocycles. The lowest BCUT2D eigenvalue weighted by Crippen LogP contribution is -2.37. The third kappa shape index (κ3) is 3.65. The molecule has 0 saturated carbocycles. The van der Waals surface area contributed by atoms with Crippen LogP contribution in [0.15, 0.2) is 47.1 Å². The molecule has 1 unspecified atom stereocenters. The van der Waals surface area contributed by atoms with Gasteiger partial charge in [0.2, 0.25) is 5.95 Å². The van der Waals surface area contributed by atoms with Crippen LogP contribution in [0.5, 0.6) is 0 Å². The molecule has 3 aromatic rings. The predicted octanol–water partition coefficient (Wildman–Crippen LogP) is 2.91. The number of rotatable bonds is 5. The van der Waals surface area contributed by atoms with Crippen LogP contribution in [-0.2, 0) is 11.3 Å². The summed E-state index contributed by atoms with van der Waals surface area (Å²) >= 11 is 0. The van der Waals surface area contributed by atoms with Gasteiger partial charge in [-0.1, -0.05) is 18.2 Å². The van der Waals surface area contributed by atoms with Crippen LogP contribution in [0.25, 0.3) is 11.0 Å². The molecule has 0 amide bonds. The first-order valence-electron chi connectivity index (χ1n) is 8.65. The van der Waals surface area contributed by atoms with Gasteiger partial charge in [0.15, 0.2) is 0 Å². The summed E-state index contributed by atoms with van der Waals surface area (Å²) in [6, 6.07) is 10.3.